The van der Waals surface area contributed by atoms with Crippen LogP contribution in [0.1, 0.15) is 5.56 Å². The third-order valence-corrected chi connectivity index (χ3v) is 4.53. The molecule has 0 heterocycles. The van der Waals surface area contributed by atoms with Crippen molar-refractivity contribution in [3.63, 3.8) is 0 Å². The molecule has 106 valence electrons. The molecule has 0 radical (unpaired) electrons. The molecule has 0 saturated heterocycles. The van der Waals surface area contributed by atoms with Crippen molar-refractivity contribution < 1.29 is 12.8 Å². The fourth-order valence-electron chi connectivity index (χ4n) is 1.68. The van der Waals surface area contributed by atoms with Gasteiger partial charge in [0.2, 0.25) is 0 Å². The maximum atomic E-state index is 13.7. The number of nitrogen functional groups attached to an aromatic ring is 1. The molecule has 0 atom stereocenters. The Kier molecular flexibility index (Phi) is 3.87. The van der Waals surface area contributed by atoms with Crippen LogP contribution in [-0.4, -0.2) is 8.42 Å². The number of halogens is 2. The van der Waals surface area contributed by atoms with Crippen LogP contribution in [0.4, 0.5) is 15.8 Å². The van der Waals surface area contributed by atoms with Gasteiger partial charge < -0.3 is 5.73 Å². The Labute approximate surface area is 121 Å². The molecule has 0 amide bonds. The molecule has 7 heteroatoms. The lowest BCUT2D eigenvalue weighted by molar-refractivity contribution is 0.598. The summed E-state index contributed by atoms with van der Waals surface area (Å²) in [6.45, 7) is 1.60. The predicted molar refractivity (Wildman–Crippen MR) is 77.8 cm³/mol. The van der Waals surface area contributed by atoms with Gasteiger partial charge in [-0.25, -0.2) is 12.8 Å². The molecule has 0 unspecified atom stereocenters. The minimum atomic E-state index is -4.01. The van der Waals surface area contributed by atoms with Crippen LogP contribution >= 0.6 is 11.6 Å². The second-order valence-electron chi connectivity index (χ2n) is 4.23. The number of hydrogen-bond donors (Lipinski definition) is 2. The zero-order chi connectivity index (χ0) is 14.9. The number of hydrogen-bond acceptors (Lipinski definition) is 3. The van der Waals surface area contributed by atoms with E-state index in [9.17, 15) is 12.8 Å². The molecule has 20 heavy (non-hydrogen) atoms. The van der Waals surface area contributed by atoms with Crippen LogP contribution in [0.3, 0.4) is 0 Å². The summed E-state index contributed by atoms with van der Waals surface area (Å²) in [5.74, 6) is -0.659. The minimum Gasteiger partial charge on any atom is -0.399 e. The highest BCUT2D eigenvalue weighted by Crippen LogP contribution is 2.28. The number of nitrogens with two attached hydrogens (primary N) is 1. The SMILES string of the molecule is Cc1cccc(F)c1NS(=O)(=O)c1cc(N)ccc1Cl. The van der Waals surface area contributed by atoms with Crippen molar-refractivity contribution in [2.45, 2.75) is 11.8 Å². The summed E-state index contributed by atoms with van der Waals surface area (Å²) in [5, 5.41) is 0.0145. The van der Waals surface area contributed by atoms with E-state index in [1.54, 1.807) is 13.0 Å². The van der Waals surface area contributed by atoms with Crippen molar-refractivity contribution >= 4 is 33.0 Å². The van der Waals surface area contributed by atoms with Gasteiger partial charge in [-0.05, 0) is 36.8 Å². The van der Waals surface area contributed by atoms with Crippen molar-refractivity contribution in [1.29, 1.82) is 0 Å². The highest BCUT2D eigenvalue weighted by atomic mass is 35.5. The molecule has 0 aromatic heterocycles. The normalized spacial score (nSPS) is 11.3. The topological polar surface area (TPSA) is 72.2 Å². The first-order valence-electron chi connectivity index (χ1n) is 5.64. The van der Waals surface area contributed by atoms with Gasteiger partial charge in [0.05, 0.1) is 10.7 Å². The second-order valence-corrected chi connectivity index (χ2v) is 6.29. The lowest BCUT2D eigenvalue weighted by Gasteiger charge is -2.12. The average molecular weight is 315 g/mol. The van der Waals surface area contributed by atoms with Crippen LogP contribution in [0, 0.1) is 12.7 Å². The van der Waals surface area contributed by atoms with Crippen molar-refractivity contribution in [2.24, 2.45) is 0 Å². The molecule has 0 spiro atoms. The molecule has 0 aliphatic heterocycles. The van der Waals surface area contributed by atoms with E-state index in [4.69, 9.17) is 17.3 Å². The highest BCUT2D eigenvalue weighted by Gasteiger charge is 2.20. The largest absolute Gasteiger partial charge is 0.399 e. The first-order chi connectivity index (χ1) is 9.31. The number of para-hydroxylation sites is 1. The van der Waals surface area contributed by atoms with Gasteiger partial charge in [-0.2, -0.15) is 0 Å². The fraction of sp³-hybridized carbons (Fsp3) is 0.0769. The maximum absolute atomic E-state index is 13.7. The summed E-state index contributed by atoms with van der Waals surface area (Å²) in [4.78, 5) is -0.193. The third kappa shape index (κ3) is 2.86. The van der Waals surface area contributed by atoms with E-state index in [0.717, 1.165) is 0 Å². The monoisotopic (exact) mass is 314 g/mol. The number of benzene rings is 2. The summed E-state index contributed by atoms with van der Waals surface area (Å²) in [5.41, 5.74) is 6.16. The van der Waals surface area contributed by atoms with Crippen molar-refractivity contribution in [2.75, 3.05) is 10.5 Å². The summed E-state index contributed by atoms with van der Waals surface area (Å²) in [7, 11) is -4.01. The van der Waals surface area contributed by atoms with E-state index in [1.165, 1.54) is 30.3 Å². The molecular weight excluding hydrogens is 303 g/mol. The van der Waals surface area contributed by atoms with Gasteiger partial charge in [0.1, 0.15) is 10.7 Å². The van der Waals surface area contributed by atoms with E-state index in [-0.39, 0.29) is 21.3 Å². The minimum absolute atomic E-state index is 0.0145. The summed E-state index contributed by atoms with van der Waals surface area (Å²) < 4.78 is 40.4. The van der Waals surface area contributed by atoms with Gasteiger partial charge in [-0.1, -0.05) is 23.7 Å². The lowest BCUT2D eigenvalue weighted by atomic mass is 10.2. The number of sulfonamides is 1. The molecule has 2 rings (SSSR count). The first-order valence-corrected chi connectivity index (χ1v) is 7.50. The van der Waals surface area contributed by atoms with Crippen LogP contribution in [0.5, 0.6) is 0 Å². The van der Waals surface area contributed by atoms with Gasteiger partial charge in [0.15, 0.2) is 0 Å². The summed E-state index contributed by atoms with van der Waals surface area (Å²) in [6, 6.07) is 8.35. The fourth-order valence-corrected chi connectivity index (χ4v) is 3.35. The first kappa shape index (κ1) is 14.6. The highest BCUT2D eigenvalue weighted by molar-refractivity contribution is 7.92. The Morgan fingerprint density at radius 1 is 1.25 bits per heavy atom. The Balaban J connectivity index is 2.49. The van der Waals surface area contributed by atoms with Gasteiger partial charge in [0.25, 0.3) is 10.0 Å². The molecule has 0 saturated carbocycles. The number of rotatable bonds is 3. The Morgan fingerprint density at radius 3 is 2.60 bits per heavy atom. The Hall–Kier alpha value is -1.79. The van der Waals surface area contributed by atoms with Gasteiger partial charge in [0, 0.05) is 5.69 Å². The van der Waals surface area contributed by atoms with E-state index in [1.807, 2.05) is 0 Å². The average Bonchev–Trinajstić information content (AvgIpc) is 2.37. The molecule has 0 aliphatic carbocycles. The molecule has 4 nitrogen and oxygen atoms in total. The van der Waals surface area contributed by atoms with Crippen LogP contribution in [0.2, 0.25) is 5.02 Å². The molecule has 0 aliphatic rings. The summed E-state index contributed by atoms with van der Waals surface area (Å²) in [6.07, 6.45) is 0. The lowest BCUT2D eigenvalue weighted by Crippen LogP contribution is -2.15. The van der Waals surface area contributed by atoms with E-state index < -0.39 is 15.8 Å². The van der Waals surface area contributed by atoms with Crippen molar-refractivity contribution in [1.82, 2.24) is 0 Å². The van der Waals surface area contributed by atoms with Crippen molar-refractivity contribution in [3.8, 4) is 0 Å². The van der Waals surface area contributed by atoms with E-state index >= 15 is 0 Å². The molecule has 0 bridgehead atoms. The molecule has 0 fully saturated rings. The van der Waals surface area contributed by atoms with Gasteiger partial charge in [-0.3, -0.25) is 4.72 Å². The van der Waals surface area contributed by atoms with Gasteiger partial charge in [-0.15, -0.1) is 0 Å². The third-order valence-electron chi connectivity index (χ3n) is 2.70. The van der Waals surface area contributed by atoms with Crippen LogP contribution in [0.25, 0.3) is 0 Å². The number of aryl methyl sites for hydroxylation is 1. The second kappa shape index (κ2) is 5.30. The quantitative estimate of drug-likeness (QED) is 0.855. The summed E-state index contributed by atoms with van der Waals surface area (Å²) >= 11 is 5.86. The zero-order valence-electron chi connectivity index (χ0n) is 10.5. The predicted octanol–water partition coefficient (Wildman–Crippen LogP) is 3.17. The number of nitrogens with one attached hydrogen (secondary N) is 1. The molecule has 2 aromatic rings. The molecular formula is C13H12ClFN2O2S. The smallest absolute Gasteiger partial charge is 0.263 e. The molecule has 3 N–H and O–H groups in total. The maximum Gasteiger partial charge on any atom is 0.263 e. The van der Waals surface area contributed by atoms with E-state index in [0.29, 0.717) is 5.56 Å². The Bertz CT molecular complexity index is 743. The van der Waals surface area contributed by atoms with E-state index in [2.05, 4.69) is 4.72 Å². The number of anilines is 2. The van der Waals surface area contributed by atoms with Crippen LogP contribution < -0.4 is 10.5 Å². The Morgan fingerprint density at radius 2 is 1.95 bits per heavy atom. The van der Waals surface area contributed by atoms with Gasteiger partial charge >= 0.3 is 0 Å². The van der Waals surface area contributed by atoms with Crippen LogP contribution in [0.15, 0.2) is 41.3 Å². The van der Waals surface area contributed by atoms with Crippen molar-refractivity contribution in [3.05, 3.63) is 52.8 Å². The molecule has 2 aromatic carbocycles. The van der Waals surface area contributed by atoms with Crippen LogP contribution in [-0.2, 0) is 10.0 Å². The standard InChI is InChI=1S/C13H12ClFN2O2S/c1-8-3-2-4-11(15)13(8)17-20(18,19)12-7-9(16)5-6-10(12)14/h2-7,17H,16H2,1H3. The zero-order valence-corrected chi connectivity index (χ0v) is 12.1.